The molecule has 0 saturated heterocycles. The van der Waals surface area contributed by atoms with Gasteiger partial charge in [0.2, 0.25) is 10.0 Å². The molecule has 0 bridgehead atoms. The van der Waals surface area contributed by atoms with Gasteiger partial charge in [0.15, 0.2) is 10.1 Å². The number of sulfonamides is 1. The van der Waals surface area contributed by atoms with E-state index in [1.165, 1.54) is 11.8 Å². The molecule has 1 unspecified atom stereocenters. The predicted molar refractivity (Wildman–Crippen MR) is 104 cm³/mol. The summed E-state index contributed by atoms with van der Waals surface area (Å²) in [6.07, 6.45) is 1.09. The molecule has 0 amide bonds. The molecule has 1 aromatic heterocycles. The first-order valence-electron chi connectivity index (χ1n) is 7.46. The summed E-state index contributed by atoms with van der Waals surface area (Å²) < 4.78 is 26.8. The van der Waals surface area contributed by atoms with Crippen molar-refractivity contribution in [1.29, 1.82) is 0 Å². The van der Waals surface area contributed by atoms with Crippen molar-refractivity contribution in [3.8, 4) is 0 Å². The third kappa shape index (κ3) is 4.59. The number of hydrogen-bond acceptors (Lipinski definition) is 6. The molecule has 3 rings (SSSR count). The van der Waals surface area contributed by atoms with Crippen molar-refractivity contribution in [2.24, 2.45) is 0 Å². The second-order valence-corrected chi connectivity index (χ2v) is 9.89. The monoisotopic (exact) mass is 392 g/mol. The lowest BCUT2D eigenvalue weighted by molar-refractivity contribution is 0.0994. The fourth-order valence-electron chi connectivity index (χ4n) is 2.26. The number of anilines is 1. The van der Waals surface area contributed by atoms with Gasteiger partial charge in [0.1, 0.15) is 0 Å². The Balaban J connectivity index is 1.71. The van der Waals surface area contributed by atoms with Crippen LogP contribution in [0.15, 0.2) is 52.9 Å². The molecular weight excluding hydrogens is 376 g/mol. The van der Waals surface area contributed by atoms with Gasteiger partial charge >= 0.3 is 0 Å². The van der Waals surface area contributed by atoms with Crippen LogP contribution in [-0.2, 0) is 10.0 Å². The van der Waals surface area contributed by atoms with Crippen molar-refractivity contribution in [2.75, 3.05) is 11.0 Å². The normalized spacial score (nSPS) is 12.9. The number of fused-ring (bicyclic) bond motifs is 1. The molecule has 1 atom stereocenters. The smallest absolute Gasteiger partial charge is 0.229 e. The highest BCUT2D eigenvalue weighted by Gasteiger charge is 2.18. The van der Waals surface area contributed by atoms with Gasteiger partial charge in [-0.25, -0.2) is 13.4 Å². The molecule has 8 heteroatoms. The fourth-order valence-corrected chi connectivity index (χ4v) is 5.11. The number of aromatic nitrogens is 1. The predicted octanol–water partition coefficient (Wildman–Crippen LogP) is 4.03. The summed E-state index contributed by atoms with van der Waals surface area (Å²) in [6.45, 7) is 1.85. The van der Waals surface area contributed by atoms with Gasteiger partial charge in [-0.1, -0.05) is 23.9 Å². The van der Waals surface area contributed by atoms with Crippen molar-refractivity contribution in [1.82, 2.24) is 4.98 Å². The van der Waals surface area contributed by atoms with Crippen LogP contribution in [0.25, 0.3) is 10.2 Å². The first kappa shape index (κ1) is 17.9. The number of benzene rings is 2. The highest BCUT2D eigenvalue weighted by Crippen LogP contribution is 2.33. The number of Topliss-reactive ketones (excluding diaryl/α,β-unsaturated/α-hetero) is 1. The van der Waals surface area contributed by atoms with Gasteiger partial charge in [0.25, 0.3) is 0 Å². The van der Waals surface area contributed by atoms with E-state index in [-0.39, 0.29) is 11.0 Å². The van der Waals surface area contributed by atoms with Crippen molar-refractivity contribution in [2.45, 2.75) is 16.5 Å². The Labute approximate surface area is 154 Å². The van der Waals surface area contributed by atoms with Gasteiger partial charge in [-0.15, -0.1) is 11.3 Å². The van der Waals surface area contributed by atoms with Crippen LogP contribution in [0.1, 0.15) is 17.3 Å². The summed E-state index contributed by atoms with van der Waals surface area (Å²) in [5.74, 6) is -0.0184. The summed E-state index contributed by atoms with van der Waals surface area (Å²) in [6, 6.07) is 14.3. The standard InChI is InChI=1S/C17H16N2O3S3/c1-11(23-17-18-14-5-3-4-6-15(14)24-17)16(20)12-7-9-13(10-8-12)19-25(2,21)22/h3-11,19H,1-2H3. The van der Waals surface area contributed by atoms with Crippen molar-refractivity contribution in [3.63, 3.8) is 0 Å². The number of carbonyl (C=O) groups excluding carboxylic acids is 1. The Morgan fingerprint density at radius 1 is 1.16 bits per heavy atom. The average molecular weight is 393 g/mol. The summed E-state index contributed by atoms with van der Waals surface area (Å²) in [7, 11) is -3.33. The van der Waals surface area contributed by atoms with E-state index in [0.717, 1.165) is 20.8 Å². The second kappa shape index (κ2) is 7.15. The molecular formula is C17H16N2O3S3. The zero-order chi connectivity index (χ0) is 18.0. The van der Waals surface area contributed by atoms with Gasteiger partial charge in [0, 0.05) is 11.3 Å². The molecule has 1 N–H and O–H groups in total. The average Bonchev–Trinajstić information content (AvgIpc) is 2.95. The Morgan fingerprint density at radius 3 is 2.48 bits per heavy atom. The Morgan fingerprint density at radius 2 is 1.84 bits per heavy atom. The van der Waals surface area contributed by atoms with Gasteiger partial charge in [-0.3, -0.25) is 9.52 Å². The van der Waals surface area contributed by atoms with E-state index in [4.69, 9.17) is 0 Å². The minimum Gasteiger partial charge on any atom is -0.293 e. The summed E-state index contributed by atoms with van der Waals surface area (Å²) in [5, 5.41) is -0.283. The lowest BCUT2D eigenvalue weighted by Gasteiger charge is -2.09. The van der Waals surface area contributed by atoms with Crippen LogP contribution in [0, 0.1) is 0 Å². The van der Waals surface area contributed by atoms with Crippen LogP contribution in [0.5, 0.6) is 0 Å². The van der Waals surface area contributed by atoms with Crippen LogP contribution >= 0.6 is 23.1 Å². The lowest BCUT2D eigenvalue weighted by Crippen LogP contribution is -2.14. The maximum Gasteiger partial charge on any atom is 0.229 e. The minimum absolute atomic E-state index is 0.0184. The van der Waals surface area contributed by atoms with Crippen LogP contribution in [0.4, 0.5) is 5.69 Å². The molecule has 1 heterocycles. The number of nitrogens with zero attached hydrogens (tertiary/aromatic N) is 1. The van der Waals surface area contributed by atoms with E-state index in [2.05, 4.69) is 9.71 Å². The molecule has 5 nitrogen and oxygen atoms in total. The molecule has 0 aliphatic carbocycles. The fraction of sp³-hybridized carbons (Fsp3) is 0.176. The van der Waals surface area contributed by atoms with E-state index in [0.29, 0.717) is 11.3 Å². The second-order valence-electron chi connectivity index (χ2n) is 5.52. The maximum atomic E-state index is 12.6. The number of ketones is 1. The molecule has 0 spiro atoms. The highest BCUT2D eigenvalue weighted by atomic mass is 32.2. The van der Waals surface area contributed by atoms with Gasteiger partial charge in [0.05, 0.1) is 21.7 Å². The van der Waals surface area contributed by atoms with Crippen molar-refractivity contribution >= 4 is 54.8 Å². The zero-order valence-corrected chi connectivity index (χ0v) is 16.0. The van der Waals surface area contributed by atoms with Gasteiger partial charge < -0.3 is 0 Å². The number of para-hydroxylation sites is 1. The van der Waals surface area contributed by atoms with E-state index in [9.17, 15) is 13.2 Å². The SMILES string of the molecule is CC(Sc1nc2ccccc2s1)C(=O)c1ccc(NS(C)(=O)=O)cc1. The first-order valence-corrected chi connectivity index (χ1v) is 11.0. The van der Waals surface area contributed by atoms with Gasteiger partial charge in [-0.05, 0) is 43.3 Å². The van der Waals surface area contributed by atoms with Gasteiger partial charge in [-0.2, -0.15) is 0 Å². The molecule has 2 aromatic carbocycles. The maximum absolute atomic E-state index is 12.6. The van der Waals surface area contributed by atoms with E-state index < -0.39 is 10.0 Å². The molecule has 25 heavy (non-hydrogen) atoms. The molecule has 0 aliphatic rings. The molecule has 3 aromatic rings. The summed E-state index contributed by atoms with van der Waals surface area (Å²) >= 11 is 3.00. The molecule has 0 aliphatic heterocycles. The third-order valence-electron chi connectivity index (χ3n) is 3.39. The Hall–Kier alpha value is -1.90. The van der Waals surface area contributed by atoms with Crippen LogP contribution in [0.2, 0.25) is 0 Å². The van der Waals surface area contributed by atoms with Crippen molar-refractivity contribution in [3.05, 3.63) is 54.1 Å². The Bertz CT molecular complexity index is 978. The number of hydrogen-bond donors (Lipinski definition) is 1. The largest absolute Gasteiger partial charge is 0.293 e. The number of thioether (sulfide) groups is 1. The van der Waals surface area contributed by atoms with Crippen molar-refractivity contribution < 1.29 is 13.2 Å². The Kier molecular flexibility index (Phi) is 5.12. The minimum atomic E-state index is -3.33. The summed E-state index contributed by atoms with van der Waals surface area (Å²) in [4.78, 5) is 17.1. The van der Waals surface area contributed by atoms with Crippen LogP contribution in [-0.4, -0.2) is 30.7 Å². The number of carbonyl (C=O) groups is 1. The topological polar surface area (TPSA) is 76.1 Å². The van der Waals surface area contributed by atoms with E-state index >= 15 is 0 Å². The molecule has 0 saturated carbocycles. The first-order chi connectivity index (χ1) is 11.8. The van der Waals surface area contributed by atoms with E-state index in [1.807, 2.05) is 31.2 Å². The quantitative estimate of drug-likeness (QED) is 0.506. The highest BCUT2D eigenvalue weighted by molar-refractivity contribution is 8.02. The molecule has 0 fully saturated rings. The number of thiazole rings is 1. The zero-order valence-electron chi connectivity index (χ0n) is 13.6. The number of nitrogens with one attached hydrogen (secondary N) is 1. The van der Waals surface area contributed by atoms with E-state index in [1.54, 1.807) is 35.6 Å². The number of rotatable bonds is 6. The summed E-state index contributed by atoms with van der Waals surface area (Å²) in [5.41, 5.74) is 1.91. The van der Waals surface area contributed by atoms with Crippen LogP contribution in [0.3, 0.4) is 0 Å². The lowest BCUT2D eigenvalue weighted by atomic mass is 10.1. The molecule has 0 radical (unpaired) electrons. The third-order valence-corrected chi connectivity index (χ3v) is 6.23. The molecule has 130 valence electrons. The van der Waals surface area contributed by atoms with Crippen LogP contribution < -0.4 is 4.72 Å².